The van der Waals surface area contributed by atoms with Crippen LogP contribution in [0, 0.1) is 0 Å². The molecule has 0 amide bonds. The van der Waals surface area contributed by atoms with E-state index in [0.717, 1.165) is 12.0 Å². The van der Waals surface area contributed by atoms with Gasteiger partial charge in [-0.15, -0.1) is 0 Å². The van der Waals surface area contributed by atoms with E-state index in [4.69, 9.17) is 0 Å². The molecule has 0 bridgehead atoms. The van der Waals surface area contributed by atoms with Crippen LogP contribution < -0.4 is 9.44 Å². The van der Waals surface area contributed by atoms with Crippen LogP contribution in [0.3, 0.4) is 0 Å². The average molecular weight is 256 g/mol. The highest BCUT2D eigenvalue weighted by Gasteiger charge is 2.05. The van der Waals surface area contributed by atoms with Crippen LogP contribution in [0.2, 0.25) is 0 Å². The van der Waals surface area contributed by atoms with Gasteiger partial charge in [0.1, 0.15) is 0 Å². The first kappa shape index (κ1) is 14.2. The van der Waals surface area contributed by atoms with Crippen molar-refractivity contribution < 1.29 is 8.42 Å². The Labute approximate surface area is 104 Å². The van der Waals surface area contributed by atoms with Gasteiger partial charge in [-0.25, -0.2) is 9.44 Å². The lowest BCUT2D eigenvalue weighted by molar-refractivity contribution is 0.569. The predicted molar refractivity (Wildman–Crippen MR) is 70.1 cm³/mol. The van der Waals surface area contributed by atoms with Crippen molar-refractivity contribution in [2.75, 3.05) is 13.1 Å². The van der Waals surface area contributed by atoms with Crippen molar-refractivity contribution in [1.82, 2.24) is 9.44 Å². The molecule has 0 aliphatic rings. The van der Waals surface area contributed by atoms with E-state index in [2.05, 4.69) is 28.5 Å². The van der Waals surface area contributed by atoms with Crippen LogP contribution in [0.25, 0.3) is 0 Å². The summed E-state index contributed by atoms with van der Waals surface area (Å²) in [6.07, 6.45) is 1.72. The Kier molecular flexibility index (Phi) is 5.61. The molecule has 0 unspecified atom stereocenters. The molecule has 0 aliphatic heterocycles. The first-order valence-electron chi connectivity index (χ1n) is 5.89. The first-order chi connectivity index (χ1) is 8.07. The van der Waals surface area contributed by atoms with Gasteiger partial charge in [-0.05, 0) is 24.0 Å². The topological polar surface area (TPSA) is 58.2 Å². The highest BCUT2D eigenvalue weighted by Crippen LogP contribution is 2.05. The lowest BCUT2D eigenvalue weighted by atomic mass is 10.1. The normalized spacial score (nSPS) is 11.6. The Morgan fingerprint density at radius 2 is 1.59 bits per heavy atom. The van der Waals surface area contributed by atoms with Crippen LogP contribution in [-0.2, 0) is 23.1 Å². The molecule has 1 aromatic rings. The van der Waals surface area contributed by atoms with Gasteiger partial charge in [-0.1, -0.05) is 38.1 Å². The van der Waals surface area contributed by atoms with Crippen LogP contribution in [0.15, 0.2) is 24.3 Å². The van der Waals surface area contributed by atoms with Crippen LogP contribution in [-0.4, -0.2) is 21.5 Å². The molecular weight excluding hydrogens is 236 g/mol. The molecular formula is C12H20N2O2S. The molecule has 0 aromatic heterocycles. The van der Waals surface area contributed by atoms with Crippen LogP contribution >= 0.6 is 0 Å². The van der Waals surface area contributed by atoms with E-state index in [9.17, 15) is 8.42 Å². The van der Waals surface area contributed by atoms with Gasteiger partial charge in [0.05, 0.1) is 0 Å². The van der Waals surface area contributed by atoms with E-state index >= 15 is 0 Å². The SMILES string of the molecule is CCNS(=O)(=O)NCCc1ccc(CC)cc1. The summed E-state index contributed by atoms with van der Waals surface area (Å²) in [5, 5.41) is 0. The monoisotopic (exact) mass is 256 g/mol. The molecule has 17 heavy (non-hydrogen) atoms. The van der Waals surface area contributed by atoms with Crippen molar-refractivity contribution in [2.24, 2.45) is 0 Å². The maximum absolute atomic E-state index is 11.3. The van der Waals surface area contributed by atoms with E-state index in [0.29, 0.717) is 19.5 Å². The lowest BCUT2D eigenvalue weighted by Crippen LogP contribution is -2.37. The molecule has 2 N–H and O–H groups in total. The van der Waals surface area contributed by atoms with Crippen molar-refractivity contribution in [3.63, 3.8) is 0 Å². The summed E-state index contributed by atoms with van der Waals surface area (Å²) in [7, 11) is -3.31. The third-order valence-electron chi connectivity index (χ3n) is 2.47. The minimum absolute atomic E-state index is 0.403. The summed E-state index contributed by atoms with van der Waals surface area (Å²) < 4.78 is 27.5. The van der Waals surface area contributed by atoms with Gasteiger partial charge in [0, 0.05) is 13.1 Å². The summed E-state index contributed by atoms with van der Waals surface area (Å²) in [6, 6.07) is 8.24. The van der Waals surface area contributed by atoms with Crippen molar-refractivity contribution in [1.29, 1.82) is 0 Å². The number of rotatable bonds is 7. The van der Waals surface area contributed by atoms with Crippen LogP contribution in [0.5, 0.6) is 0 Å². The van der Waals surface area contributed by atoms with Gasteiger partial charge >= 0.3 is 0 Å². The molecule has 0 fully saturated rings. The quantitative estimate of drug-likeness (QED) is 0.771. The van der Waals surface area contributed by atoms with Gasteiger partial charge < -0.3 is 0 Å². The highest BCUT2D eigenvalue weighted by atomic mass is 32.2. The third kappa shape index (κ3) is 5.30. The van der Waals surface area contributed by atoms with Crippen LogP contribution in [0.1, 0.15) is 25.0 Å². The molecule has 1 rings (SSSR count). The fraction of sp³-hybridized carbons (Fsp3) is 0.500. The maximum atomic E-state index is 11.3. The van der Waals surface area contributed by atoms with Gasteiger partial charge in [0.2, 0.25) is 0 Å². The second-order valence-corrected chi connectivity index (χ2v) is 5.40. The summed E-state index contributed by atoms with van der Waals surface area (Å²) in [4.78, 5) is 0. The molecule has 0 spiro atoms. The fourth-order valence-electron chi connectivity index (χ4n) is 1.51. The maximum Gasteiger partial charge on any atom is 0.276 e. The zero-order valence-electron chi connectivity index (χ0n) is 10.4. The van der Waals surface area contributed by atoms with Crippen molar-refractivity contribution >= 4 is 10.2 Å². The zero-order valence-corrected chi connectivity index (χ0v) is 11.2. The van der Waals surface area contributed by atoms with Crippen LogP contribution in [0.4, 0.5) is 0 Å². The molecule has 1 aromatic carbocycles. The molecule has 0 heterocycles. The molecule has 0 atom stereocenters. The number of nitrogens with one attached hydrogen (secondary N) is 2. The number of aryl methyl sites for hydroxylation is 1. The standard InChI is InChI=1S/C12H20N2O2S/c1-3-11-5-7-12(8-6-11)9-10-14-17(15,16)13-4-2/h5-8,13-14H,3-4,9-10H2,1-2H3. The fourth-order valence-corrected chi connectivity index (χ4v) is 2.37. The Hall–Kier alpha value is -0.910. The van der Waals surface area contributed by atoms with Crippen molar-refractivity contribution in [3.8, 4) is 0 Å². The molecule has 0 radical (unpaired) electrons. The van der Waals surface area contributed by atoms with Gasteiger partial charge in [-0.3, -0.25) is 0 Å². The second-order valence-electron chi connectivity index (χ2n) is 3.82. The van der Waals surface area contributed by atoms with E-state index in [1.165, 1.54) is 5.56 Å². The average Bonchev–Trinajstić information content (AvgIpc) is 2.29. The first-order valence-corrected chi connectivity index (χ1v) is 7.37. The summed E-state index contributed by atoms with van der Waals surface area (Å²) in [5.74, 6) is 0. The van der Waals surface area contributed by atoms with Gasteiger partial charge in [-0.2, -0.15) is 8.42 Å². The summed E-state index contributed by atoms with van der Waals surface area (Å²) in [6.45, 7) is 4.68. The van der Waals surface area contributed by atoms with Crippen molar-refractivity contribution in [3.05, 3.63) is 35.4 Å². The smallest absolute Gasteiger partial charge is 0.203 e. The van der Waals surface area contributed by atoms with E-state index in [1.54, 1.807) is 6.92 Å². The molecule has 0 saturated heterocycles. The predicted octanol–water partition coefficient (Wildman–Crippen LogP) is 1.24. The Morgan fingerprint density at radius 1 is 1.00 bits per heavy atom. The Bertz CT molecular complexity index is 426. The Balaban J connectivity index is 2.40. The second kappa shape index (κ2) is 6.74. The zero-order chi connectivity index (χ0) is 12.7. The van der Waals surface area contributed by atoms with Gasteiger partial charge in [0.15, 0.2) is 0 Å². The van der Waals surface area contributed by atoms with E-state index < -0.39 is 10.2 Å². The minimum atomic E-state index is -3.31. The lowest BCUT2D eigenvalue weighted by Gasteiger charge is -2.06. The molecule has 0 saturated carbocycles. The molecule has 5 heteroatoms. The number of hydrogen-bond donors (Lipinski definition) is 2. The minimum Gasteiger partial charge on any atom is -0.203 e. The summed E-state index contributed by atoms with van der Waals surface area (Å²) >= 11 is 0. The largest absolute Gasteiger partial charge is 0.276 e. The summed E-state index contributed by atoms with van der Waals surface area (Å²) in [5.41, 5.74) is 2.43. The third-order valence-corrected chi connectivity index (χ3v) is 3.72. The molecule has 0 aliphatic carbocycles. The number of benzene rings is 1. The van der Waals surface area contributed by atoms with E-state index in [-0.39, 0.29) is 0 Å². The van der Waals surface area contributed by atoms with E-state index in [1.807, 2.05) is 12.1 Å². The number of hydrogen-bond acceptors (Lipinski definition) is 2. The Morgan fingerprint density at radius 3 is 2.12 bits per heavy atom. The molecule has 96 valence electrons. The van der Waals surface area contributed by atoms with Gasteiger partial charge in [0.25, 0.3) is 10.2 Å². The molecule has 4 nitrogen and oxygen atoms in total. The van der Waals surface area contributed by atoms with Crippen molar-refractivity contribution in [2.45, 2.75) is 26.7 Å². The highest BCUT2D eigenvalue weighted by molar-refractivity contribution is 7.87.